The standard InChI is InChI=1S/C14H23BrO4Si/c1-14(2,3)20(5,6)19-12(13(17)18-4)9-7-10(15)11(16)8-9/h7,9,12H,8H2,1-6H3/t9-,12+/m0/s1. The highest BCUT2D eigenvalue weighted by Crippen LogP contribution is 2.39. The van der Waals surface area contributed by atoms with Gasteiger partial charge in [-0.2, -0.15) is 0 Å². The van der Waals surface area contributed by atoms with E-state index >= 15 is 0 Å². The summed E-state index contributed by atoms with van der Waals surface area (Å²) in [5, 5.41) is -0.0111. The molecule has 0 saturated heterocycles. The van der Waals surface area contributed by atoms with Crippen LogP contribution in [0.2, 0.25) is 18.1 Å². The number of halogens is 1. The molecule has 0 saturated carbocycles. The molecule has 0 N–H and O–H groups in total. The molecule has 0 aromatic rings. The first-order chi connectivity index (χ1) is 8.99. The molecule has 0 aliphatic heterocycles. The smallest absolute Gasteiger partial charge is 0.334 e. The van der Waals surface area contributed by atoms with Crippen LogP contribution in [0.15, 0.2) is 10.6 Å². The first-order valence-electron chi connectivity index (χ1n) is 6.66. The molecule has 114 valence electrons. The van der Waals surface area contributed by atoms with Crippen LogP contribution in [0.3, 0.4) is 0 Å². The molecular weight excluding hydrogens is 340 g/mol. The number of carbonyl (C=O) groups excluding carboxylic acids is 2. The largest absolute Gasteiger partial charge is 0.467 e. The predicted octanol–water partition coefficient (Wildman–Crippen LogP) is 3.42. The van der Waals surface area contributed by atoms with Crippen molar-refractivity contribution >= 4 is 36.0 Å². The maximum absolute atomic E-state index is 12.0. The molecule has 1 aliphatic carbocycles. The first kappa shape index (κ1) is 17.6. The number of esters is 1. The van der Waals surface area contributed by atoms with E-state index in [1.54, 1.807) is 6.08 Å². The third-order valence-electron chi connectivity index (χ3n) is 4.10. The second-order valence-corrected chi connectivity index (χ2v) is 12.2. The van der Waals surface area contributed by atoms with Gasteiger partial charge in [-0.15, -0.1) is 0 Å². The van der Waals surface area contributed by atoms with Crippen molar-refractivity contribution in [3.63, 3.8) is 0 Å². The first-order valence-corrected chi connectivity index (χ1v) is 10.4. The highest BCUT2D eigenvalue weighted by Gasteiger charge is 2.44. The van der Waals surface area contributed by atoms with Gasteiger partial charge in [0.25, 0.3) is 0 Å². The molecular formula is C14H23BrO4Si. The van der Waals surface area contributed by atoms with Crippen molar-refractivity contribution in [1.82, 2.24) is 0 Å². The van der Waals surface area contributed by atoms with Crippen LogP contribution in [0.25, 0.3) is 0 Å². The Morgan fingerprint density at radius 3 is 2.35 bits per heavy atom. The minimum absolute atomic E-state index is 0.00253. The number of hydrogen-bond acceptors (Lipinski definition) is 4. The molecule has 1 aliphatic rings. The Labute approximate surface area is 130 Å². The Morgan fingerprint density at radius 2 is 2.00 bits per heavy atom. The minimum Gasteiger partial charge on any atom is -0.467 e. The van der Waals surface area contributed by atoms with Crippen LogP contribution < -0.4 is 0 Å². The Morgan fingerprint density at radius 1 is 1.45 bits per heavy atom. The molecule has 0 aromatic heterocycles. The van der Waals surface area contributed by atoms with Crippen molar-refractivity contribution in [2.24, 2.45) is 5.92 Å². The molecule has 0 amide bonds. The molecule has 2 atom stereocenters. The van der Waals surface area contributed by atoms with E-state index in [0.717, 1.165) is 0 Å². The van der Waals surface area contributed by atoms with Crippen LogP contribution in [0, 0.1) is 5.92 Å². The third-order valence-corrected chi connectivity index (χ3v) is 9.26. The van der Waals surface area contributed by atoms with Crippen molar-refractivity contribution < 1.29 is 18.8 Å². The monoisotopic (exact) mass is 362 g/mol. The van der Waals surface area contributed by atoms with E-state index in [9.17, 15) is 9.59 Å². The fourth-order valence-corrected chi connectivity index (χ4v) is 3.53. The van der Waals surface area contributed by atoms with E-state index in [1.165, 1.54) is 7.11 Å². The van der Waals surface area contributed by atoms with Crippen LogP contribution in [0.1, 0.15) is 27.2 Å². The van der Waals surface area contributed by atoms with Crippen LogP contribution in [0.5, 0.6) is 0 Å². The van der Waals surface area contributed by atoms with E-state index in [0.29, 0.717) is 4.48 Å². The van der Waals surface area contributed by atoms with E-state index < -0.39 is 20.4 Å². The number of rotatable bonds is 4. The summed E-state index contributed by atoms with van der Waals surface area (Å²) >= 11 is 3.22. The number of allylic oxidation sites excluding steroid dienone is 1. The van der Waals surface area contributed by atoms with Gasteiger partial charge >= 0.3 is 5.97 Å². The summed E-state index contributed by atoms with van der Waals surface area (Å²) in [6.45, 7) is 10.5. The van der Waals surface area contributed by atoms with Crippen molar-refractivity contribution in [3.8, 4) is 0 Å². The fourth-order valence-electron chi connectivity index (χ4n) is 1.77. The second-order valence-electron chi connectivity index (χ2n) is 6.63. The molecule has 0 bridgehead atoms. The quantitative estimate of drug-likeness (QED) is 0.567. The highest BCUT2D eigenvalue weighted by atomic mass is 79.9. The Kier molecular flexibility index (Phi) is 5.38. The molecule has 0 fully saturated rings. The van der Waals surface area contributed by atoms with Crippen LogP contribution in [0.4, 0.5) is 0 Å². The summed E-state index contributed by atoms with van der Waals surface area (Å²) in [6.07, 6.45) is 1.34. The Bertz CT molecular complexity index is 437. The maximum Gasteiger partial charge on any atom is 0.334 e. The maximum atomic E-state index is 12.0. The number of ether oxygens (including phenoxy) is 1. The van der Waals surface area contributed by atoms with Gasteiger partial charge in [-0.3, -0.25) is 4.79 Å². The van der Waals surface area contributed by atoms with E-state index in [2.05, 4.69) is 49.8 Å². The molecule has 1 rings (SSSR count). The lowest BCUT2D eigenvalue weighted by atomic mass is 10.0. The molecule has 0 aromatic carbocycles. The van der Waals surface area contributed by atoms with Crippen molar-refractivity contribution in [2.45, 2.75) is 51.4 Å². The molecule has 4 nitrogen and oxygen atoms in total. The van der Waals surface area contributed by atoms with Gasteiger partial charge < -0.3 is 9.16 Å². The zero-order valence-corrected chi connectivity index (χ0v) is 15.5. The number of hydrogen-bond donors (Lipinski definition) is 0. The summed E-state index contributed by atoms with van der Waals surface area (Å²) < 4.78 is 11.6. The summed E-state index contributed by atoms with van der Waals surface area (Å²) in [7, 11) is -0.768. The second kappa shape index (κ2) is 6.11. The van der Waals surface area contributed by atoms with Gasteiger partial charge in [0, 0.05) is 12.3 Å². The van der Waals surface area contributed by atoms with E-state index in [-0.39, 0.29) is 23.2 Å². The number of ketones is 1. The molecule has 20 heavy (non-hydrogen) atoms. The third kappa shape index (κ3) is 3.80. The van der Waals surface area contributed by atoms with Crippen LogP contribution >= 0.6 is 15.9 Å². The molecule has 0 unspecified atom stereocenters. The summed E-state index contributed by atoms with van der Waals surface area (Å²) in [5.74, 6) is -0.660. The van der Waals surface area contributed by atoms with Crippen LogP contribution in [-0.2, 0) is 18.8 Å². The summed E-state index contributed by atoms with van der Waals surface area (Å²) in [6, 6.07) is 0. The zero-order chi connectivity index (χ0) is 15.7. The lowest BCUT2D eigenvalue weighted by Crippen LogP contribution is -2.48. The van der Waals surface area contributed by atoms with Crippen LogP contribution in [-0.4, -0.2) is 33.3 Å². The summed E-state index contributed by atoms with van der Waals surface area (Å²) in [5.41, 5.74) is 0. The van der Waals surface area contributed by atoms with E-state index in [4.69, 9.17) is 9.16 Å². The van der Waals surface area contributed by atoms with Gasteiger partial charge in [-0.25, -0.2) is 4.79 Å². The van der Waals surface area contributed by atoms with Crippen molar-refractivity contribution in [1.29, 1.82) is 0 Å². The molecule has 6 heteroatoms. The number of methoxy groups -OCH3 is 1. The van der Waals surface area contributed by atoms with Gasteiger partial charge in [0.15, 0.2) is 14.1 Å². The Balaban J connectivity index is 2.99. The lowest BCUT2D eigenvalue weighted by molar-refractivity contribution is -0.151. The Hall–Kier alpha value is -0.463. The SMILES string of the molecule is COC(=O)[C@H](O[Si](C)(C)C(C)(C)C)[C@H]1C=C(Br)C(=O)C1. The number of carbonyl (C=O) groups is 2. The van der Waals surface area contributed by atoms with Gasteiger partial charge in [-0.1, -0.05) is 26.8 Å². The topological polar surface area (TPSA) is 52.6 Å². The zero-order valence-electron chi connectivity index (χ0n) is 13.0. The fraction of sp³-hybridized carbons (Fsp3) is 0.714. The summed E-state index contributed by atoms with van der Waals surface area (Å²) in [4.78, 5) is 23.7. The normalized spacial score (nSPS) is 21.6. The van der Waals surface area contributed by atoms with Gasteiger partial charge in [0.2, 0.25) is 0 Å². The molecule has 0 radical (unpaired) electrons. The molecule has 0 heterocycles. The van der Waals surface area contributed by atoms with Crippen molar-refractivity contribution in [2.75, 3.05) is 7.11 Å². The van der Waals surface area contributed by atoms with Gasteiger partial charge in [-0.05, 0) is 34.1 Å². The van der Waals surface area contributed by atoms with Gasteiger partial charge in [0.05, 0.1) is 11.6 Å². The lowest BCUT2D eigenvalue weighted by Gasteiger charge is -2.39. The predicted molar refractivity (Wildman–Crippen MR) is 84.2 cm³/mol. The van der Waals surface area contributed by atoms with Gasteiger partial charge in [0.1, 0.15) is 6.10 Å². The highest BCUT2D eigenvalue weighted by molar-refractivity contribution is 9.12. The minimum atomic E-state index is -2.12. The average molecular weight is 363 g/mol. The average Bonchev–Trinajstić information content (AvgIpc) is 2.64. The molecule has 0 spiro atoms. The van der Waals surface area contributed by atoms with E-state index in [1.807, 2.05) is 0 Å². The number of Topliss-reactive ketones (excluding diaryl/α,β-unsaturated/α-hetero) is 1. The van der Waals surface area contributed by atoms with Crippen molar-refractivity contribution in [3.05, 3.63) is 10.6 Å².